The minimum absolute atomic E-state index is 0.238. The van der Waals surface area contributed by atoms with Gasteiger partial charge in [-0.15, -0.1) is 0 Å². The Balaban J connectivity index is 1.45. The highest BCUT2D eigenvalue weighted by atomic mass is 35.5. The molecule has 1 unspecified atom stereocenters. The second-order valence-electron chi connectivity index (χ2n) is 7.18. The second-order valence-corrected chi connectivity index (χ2v) is 7.51. The predicted octanol–water partition coefficient (Wildman–Crippen LogP) is 4.22. The summed E-state index contributed by atoms with van der Waals surface area (Å²) in [5.74, 6) is 1.15. The number of hydrogen-bond donors (Lipinski definition) is 1. The molecule has 1 aliphatic heterocycles. The first-order chi connectivity index (χ1) is 15.1. The molecule has 1 N–H and O–H groups in total. The van der Waals surface area contributed by atoms with Gasteiger partial charge in [0, 0.05) is 42.5 Å². The fraction of sp³-hybridized carbons (Fsp3) is 0.364. The lowest BCUT2D eigenvalue weighted by molar-refractivity contribution is 0.0203. The Morgan fingerprint density at radius 2 is 2.10 bits per heavy atom. The monoisotopic (exact) mass is 446 g/mol. The Bertz CT molecular complexity index is 1020. The molecule has 0 aliphatic carbocycles. The molecule has 164 valence electrons. The van der Waals surface area contributed by atoms with Gasteiger partial charge >= 0.3 is 0 Å². The van der Waals surface area contributed by atoms with E-state index in [0.717, 1.165) is 37.9 Å². The summed E-state index contributed by atoms with van der Waals surface area (Å²) >= 11 is 6.35. The first-order valence-electron chi connectivity index (χ1n) is 10.2. The summed E-state index contributed by atoms with van der Waals surface area (Å²) in [7, 11) is 1.59. The third-order valence-corrected chi connectivity index (χ3v) is 5.36. The van der Waals surface area contributed by atoms with Crippen molar-refractivity contribution in [1.29, 1.82) is 0 Å². The maximum absolute atomic E-state index is 13.2. The summed E-state index contributed by atoms with van der Waals surface area (Å²) in [4.78, 5) is 8.84. The van der Waals surface area contributed by atoms with Crippen molar-refractivity contribution >= 4 is 34.3 Å². The molecule has 2 heterocycles. The van der Waals surface area contributed by atoms with E-state index in [1.54, 1.807) is 31.5 Å². The van der Waals surface area contributed by atoms with Crippen LogP contribution in [0.5, 0.6) is 11.5 Å². The van der Waals surface area contributed by atoms with Crippen LogP contribution in [0.25, 0.3) is 10.9 Å². The van der Waals surface area contributed by atoms with Crippen LogP contribution in [0.15, 0.2) is 42.6 Å². The van der Waals surface area contributed by atoms with Gasteiger partial charge in [-0.1, -0.05) is 0 Å². The van der Waals surface area contributed by atoms with Crippen LogP contribution in [0.2, 0.25) is 0 Å². The lowest BCUT2D eigenvalue weighted by Gasteiger charge is -2.23. The van der Waals surface area contributed by atoms with Crippen LogP contribution in [0.4, 0.5) is 16.0 Å². The van der Waals surface area contributed by atoms with Crippen molar-refractivity contribution in [1.82, 2.24) is 15.3 Å². The van der Waals surface area contributed by atoms with Crippen LogP contribution < -0.4 is 19.2 Å². The third-order valence-electron chi connectivity index (χ3n) is 5.01. The third kappa shape index (κ3) is 5.33. The van der Waals surface area contributed by atoms with Gasteiger partial charge in [0.2, 0.25) is 5.95 Å². The van der Waals surface area contributed by atoms with Gasteiger partial charge in [-0.05, 0) is 43.2 Å². The number of anilines is 2. The Hall–Kier alpha value is -2.68. The van der Waals surface area contributed by atoms with Gasteiger partial charge in [0.15, 0.2) is 11.5 Å². The maximum Gasteiger partial charge on any atom is 0.245 e. The van der Waals surface area contributed by atoms with E-state index in [1.165, 1.54) is 16.6 Å². The zero-order valence-electron chi connectivity index (χ0n) is 17.2. The van der Waals surface area contributed by atoms with Crippen molar-refractivity contribution in [3.8, 4) is 11.5 Å². The molecule has 0 bridgehead atoms. The molecule has 7 nitrogen and oxygen atoms in total. The van der Waals surface area contributed by atoms with Crippen molar-refractivity contribution in [3.05, 3.63) is 48.4 Å². The normalized spacial score (nSPS) is 16.3. The molecule has 1 saturated heterocycles. The quantitative estimate of drug-likeness (QED) is 0.410. The number of halogens is 2. The van der Waals surface area contributed by atoms with Crippen molar-refractivity contribution in [2.75, 3.05) is 37.8 Å². The molecule has 0 radical (unpaired) electrons. The molecular formula is C22H24ClFN4O3. The highest BCUT2D eigenvalue weighted by Gasteiger charge is 2.15. The molecule has 1 aromatic heterocycles. The molecule has 4 rings (SSSR count). The smallest absolute Gasteiger partial charge is 0.245 e. The first-order valence-corrected chi connectivity index (χ1v) is 10.5. The van der Waals surface area contributed by atoms with Crippen LogP contribution in [0.1, 0.15) is 12.8 Å². The number of morpholine rings is 1. The van der Waals surface area contributed by atoms with Crippen molar-refractivity contribution in [2.24, 2.45) is 0 Å². The van der Waals surface area contributed by atoms with Crippen LogP contribution in [-0.4, -0.2) is 49.5 Å². The van der Waals surface area contributed by atoms with Gasteiger partial charge in [-0.3, -0.25) is 0 Å². The highest BCUT2D eigenvalue weighted by molar-refractivity contribution is 6.28. The summed E-state index contributed by atoms with van der Waals surface area (Å²) in [5.41, 5.74) is 1.22. The van der Waals surface area contributed by atoms with Crippen LogP contribution in [-0.2, 0) is 4.74 Å². The van der Waals surface area contributed by atoms with E-state index in [4.69, 9.17) is 26.0 Å². The molecule has 0 spiro atoms. The zero-order chi connectivity index (χ0) is 21.6. The average molecular weight is 447 g/mol. The van der Waals surface area contributed by atoms with E-state index in [2.05, 4.69) is 15.3 Å². The van der Waals surface area contributed by atoms with Gasteiger partial charge in [0.1, 0.15) is 5.82 Å². The average Bonchev–Trinajstić information content (AvgIpc) is 2.81. The van der Waals surface area contributed by atoms with Gasteiger partial charge in [-0.2, -0.15) is 0 Å². The van der Waals surface area contributed by atoms with Crippen molar-refractivity contribution in [2.45, 2.75) is 18.9 Å². The van der Waals surface area contributed by atoms with E-state index >= 15 is 0 Å². The maximum atomic E-state index is 13.2. The summed E-state index contributed by atoms with van der Waals surface area (Å²) < 4.78 is 31.6. The number of rotatable bonds is 8. The minimum atomic E-state index is -0.339. The standard InChI is InChI=1S/C22H24ClFN4O3/c1-29-20-12-19-15(11-21(20)31-9-2-3-18-14-25-8-10-30-18)13-26-22(27-19)28(23)17-6-4-16(24)5-7-17/h4-7,11-13,18,25H,2-3,8-10,14H2,1H3. The van der Waals surface area contributed by atoms with Crippen LogP contribution >= 0.6 is 11.8 Å². The van der Waals surface area contributed by atoms with Crippen molar-refractivity contribution < 1.29 is 18.6 Å². The van der Waals surface area contributed by atoms with E-state index in [1.807, 2.05) is 6.07 Å². The van der Waals surface area contributed by atoms with Gasteiger partial charge in [0.05, 0.1) is 37.6 Å². The fourth-order valence-corrected chi connectivity index (χ4v) is 3.58. The van der Waals surface area contributed by atoms with E-state index in [9.17, 15) is 4.39 Å². The summed E-state index contributed by atoms with van der Waals surface area (Å²) in [6.07, 6.45) is 3.72. The number of methoxy groups -OCH3 is 1. The molecule has 1 fully saturated rings. The van der Waals surface area contributed by atoms with E-state index in [-0.39, 0.29) is 17.9 Å². The number of ether oxygens (including phenoxy) is 3. The summed E-state index contributed by atoms with van der Waals surface area (Å²) in [5, 5.41) is 4.12. The SMILES string of the molecule is COc1cc2nc(N(Cl)c3ccc(F)cc3)ncc2cc1OCCCC1CNCCO1. The number of aromatic nitrogens is 2. The Kier molecular flexibility index (Phi) is 7.01. The Morgan fingerprint density at radius 3 is 2.84 bits per heavy atom. The minimum Gasteiger partial charge on any atom is -0.493 e. The molecule has 3 aromatic rings. The molecule has 0 saturated carbocycles. The molecule has 1 atom stereocenters. The molecule has 0 amide bonds. The first kappa shape index (κ1) is 21.5. The Labute approximate surface area is 185 Å². The number of fused-ring (bicyclic) bond motifs is 1. The van der Waals surface area contributed by atoms with Gasteiger partial charge in [-0.25, -0.2) is 18.8 Å². The van der Waals surface area contributed by atoms with Crippen LogP contribution in [0.3, 0.4) is 0 Å². The number of nitrogens with one attached hydrogen (secondary N) is 1. The number of hydrogen-bond acceptors (Lipinski definition) is 7. The molecule has 1 aliphatic rings. The largest absolute Gasteiger partial charge is 0.493 e. The summed E-state index contributed by atoms with van der Waals surface area (Å²) in [6.45, 7) is 3.11. The van der Waals surface area contributed by atoms with Crippen molar-refractivity contribution in [3.63, 3.8) is 0 Å². The molecule has 2 aromatic carbocycles. The van der Waals surface area contributed by atoms with Gasteiger partial charge < -0.3 is 19.5 Å². The molecular weight excluding hydrogens is 423 g/mol. The molecule has 9 heteroatoms. The van der Waals surface area contributed by atoms with Gasteiger partial charge in [0.25, 0.3) is 0 Å². The predicted molar refractivity (Wildman–Crippen MR) is 118 cm³/mol. The van der Waals surface area contributed by atoms with Crippen LogP contribution in [0, 0.1) is 5.82 Å². The number of benzene rings is 2. The zero-order valence-corrected chi connectivity index (χ0v) is 17.9. The topological polar surface area (TPSA) is 68.7 Å². The fourth-order valence-electron chi connectivity index (χ4n) is 3.38. The van der Waals surface area contributed by atoms with E-state index < -0.39 is 0 Å². The summed E-state index contributed by atoms with van der Waals surface area (Å²) in [6, 6.07) is 9.42. The lowest BCUT2D eigenvalue weighted by atomic mass is 10.2. The Morgan fingerprint density at radius 1 is 1.26 bits per heavy atom. The number of nitrogens with zero attached hydrogens (tertiary/aromatic N) is 3. The molecule has 31 heavy (non-hydrogen) atoms. The second kappa shape index (κ2) is 10.1. The highest BCUT2D eigenvalue weighted by Crippen LogP contribution is 2.33. The van der Waals surface area contributed by atoms with E-state index in [0.29, 0.717) is 29.3 Å². The lowest BCUT2D eigenvalue weighted by Crippen LogP contribution is -2.38.